The molecule has 2 unspecified atom stereocenters. The standard InChI is InChI=1S/C58H97NO3Si/c1-8-10-12-13-14-15-16-17-18-19-20-21-23-26-29-35-42-52(56(57(60)61)50-51-59(6)7)43-36-30-27-24-22-25-28-31-37-45-53(44-34-11-9-2)62-63(58(3,4)5,54-46-38-32-39-47-54)55-48-40-33-41-49-55/h14-15,17-18,31-33,37-41,46-49,52-53,56H,8-13,16,19-30,34-36,42-45,50-51H2,1-7H3,(H,60,61)/t52?,53-,56?/m1/s1. The van der Waals surface area contributed by atoms with Crippen LogP contribution < -0.4 is 10.4 Å². The average Bonchev–Trinajstić information content (AvgIpc) is 3.26. The number of benzene rings is 2. The van der Waals surface area contributed by atoms with E-state index in [4.69, 9.17) is 4.43 Å². The molecule has 5 heteroatoms. The lowest BCUT2D eigenvalue weighted by Crippen LogP contribution is -2.67. The zero-order valence-electron chi connectivity index (χ0n) is 42.0. The molecule has 0 fully saturated rings. The zero-order chi connectivity index (χ0) is 45.9. The SMILES string of the molecule is CCCCCC=CCC=CCCCCCCCCC(CCCCCCCCC=CC[C@@H](CCCCC)O[Si](c1ccccc1)(c1ccccc1)C(C)(C)C)C(CCN(C)C)C(=O)O. The highest BCUT2D eigenvalue weighted by Crippen LogP contribution is 2.38. The van der Waals surface area contributed by atoms with E-state index in [0.717, 1.165) is 57.9 Å². The van der Waals surface area contributed by atoms with E-state index in [9.17, 15) is 9.90 Å². The lowest BCUT2D eigenvalue weighted by Gasteiger charge is -2.45. The van der Waals surface area contributed by atoms with Crippen molar-refractivity contribution in [3.8, 4) is 0 Å². The molecule has 0 bridgehead atoms. The number of carbonyl (C=O) groups is 1. The first-order valence-corrected chi connectivity index (χ1v) is 28.1. The van der Waals surface area contributed by atoms with Gasteiger partial charge in [-0.05, 0) is 119 Å². The molecule has 0 amide bonds. The van der Waals surface area contributed by atoms with Gasteiger partial charge in [0.15, 0.2) is 0 Å². The van der Waals surface area contributed by atoms with Gasteiger partial charge >= 0.3 is 5.97 Å². The van der Waals surface area contributed by atoms with E-state index in [1.807, 2.05) is 0 Å². The number of unbranched alkanes of at least 4 members (excludes halogenated alkanes) is 17. The maximum atomic E-state index is 12.5. The molecule has 356 valence electrons. The molecule has 63 heavy (non-hydrogen) atoms. The van der Waals surface area contributed by atoms with Crippen LogP contribution in [-0.4, -0.2) is 51.0 Å². The molecule has 0 aliphatic rings. The van der Waals surface area contributed by atoms with E-state index in [0.29, 0.717) is 5.92 Å². The summed E-state index contributed by atoms with van der Waals surface area (Å²) in [6, 6.07) is 22.2. The Morgan fingerprint density at radius 1 is 0.587 bits per heavy atom. The Bertz CT molecular complexity index is 1420. The summed E-state index contributed by atoms with van der Waals surface area (Å²) in [6.07, 6.45) is 46.5. The minimum atomic E-state index is -2.59. The molecule has 0 radical (unpaired) electrons. The minimum Gasteiger partial charge on any atom is -0.481 e. The van der Waals surface area contributed by atoms with Crippen LogP contribution in [0.2, 0.25) is 5.04 Å². The van der Waals surface area contributed by atoms with Crippen molar-refractivity contribution in [1.82, 2.24) is 4.90 Å². The summed E-state index contributed by atoms with van der Waals surface area (Å²) >= 11 is 0. The maximum Gasteiger partial charge on any atom is 0.306 e. The topological polar surface area (TPSA) is 49.8 Å². The van der Waals surface area contributed by atoms with E-state index in [2.05, 4.69) is 151 Å². The maximum absolute atomic E-state index is 12.5. The molecule has 0 saturated carbocycles. The summed E-state index contributed by atoms with van der Waals surface area (Å²) in [4.78, 5) is 14.6. The van der Waals surface area contributed by atoms with Gasteiger partial charge in [0, 0.05) is 6.10 Å². The second-order valence-electron chi connectivity index (χ2n) is 20.0. The Labute approximate surface area is 391 Å². The van der Waals surface area contributed by atoms with Gasteiger partial charge in [0.05, 0.1) is 5.92 Å². The van der Waals surface area contributed by atoms with Crippen LogP contribution in [0.4, 0.5) is 0 Å². The predicted octanol–water partition coefficient (Wildman–Crippen LogP) is 16.1. The van der Waals surface area contributed by atoms with E-state index in [-0.39, 0.29) is 17.1 Å². The van der Waals surface area contributed by atoms with Crippen LogP contribution in [-0.2, 0) is 9.22 Å². The Morgan fingerprint density at radius 2 is 1.02 bits per heavy atom. The van der Waals surface area contributed by atoms with Crippen LogP contribution in [0.15, 0.2) is 97.1 Å². The Morgan fingerprint density at radius 3 is 1.48 bits per heavy atom. The molecule has 0 aliphatic carbocycles. The third-order valence-corrected chi connectivity index (χ3v) is 18.3. The highest BCUT2D eigenvalue weighted by Gasteiger charge is 2.51. The van der Waals surface area contributed by atoms with Gasteiger partial charge < -0.3 is 14.4 Å². The fourth-order valence-corrected chi connectivity index (χ4v) is 14.2. The summed E-state index contributed by atoms with van der Waals surface area (Å²) in [5.41, 5.74) is 0. The van der Waals surface area contributed by atoms with Gasteiger partial charge in [-0.25, -0.2) is 0 Å². The summed E-state index contributed by atoms with van der Waals surface area (Å²) in [5.74, 6) is -0.515. The van der Waals surface area contributed by atoms with Crippen LogP contribution >= 0.6 is 0 Å². The van der Waals surface area contributed by atoms with Gasteiger partial charge in [-0.3, -0.25) is 4.79 Å². The third-order valence-electron chi connectivity index (χ3n) is 13.2. The number of rotatable bonds is 39. The van der Waals surface area contributed by atoms with Crippen molar-refractivity contribution in [3.05, 3.63) is 97.1 Å². The van der Waals surface area contributed by atoms with Gasteiger partial charge in [0.25, 0.3) is 8.32 Å². The first kappa shape index (κ1) is 56.4. The van der Waals surface area contributed by atoms with E-state index >= 15 is 0 Å². The Hall–Kier alpha value is -2.73. The minimum absolute atomic E-state index is 0.0179. The van der Waals surface area contributed by atoms with E-state index < -0.39 is 14.3 Å². The first-order valence-electron chi connectivity index (χ1n) is 26.2. The molecule has 2 aromatic rings. The molecule has 2 aromatic carbocycles. The molecule has 0 aliphatic heterocycles. The lowest BCUT2D eigenvalue weighted by atomic mass is 9.81. The normalized spacial score (nSPS) is 14.1. The van der Waals surface area contributed by atoms with Gasteiger partial charge in [0.2, 0.25) is 0 Å². The first-order chi connectivity index (χ1) is 30.6. The van der Waals surface area contributed by atoms with Crippen LogP contribution in [0.1, 0.15) is 208 Å². The largest absolute Gasteiger partial charge is 0.481 e. The number of carboxylic acids is 1. The number of carboxylic acid groups (broad SMARTS) is 1. The molecule has 4 nitrogen and oxygen atoms in total. The number of hydrogen-bond acceptors (Lipinski definition) is 3. The van der Waals surface area contributed by atoms with Crippen molar-refractivity contribution in [2.45, 2.75) is 219 Å². The van der Waals surface area contributed by atoms with Crippen LogP contribution in [0.3, 0.4) is 0 Å². The summed E-state index contributed by atoms with van der Waals surface area (Å²) in [5, 5.41) is 13.0. The second kappa shape index (κ2) is 35.5. The molecule has 3 atom stereocenters. The van der Waals surface area contributed by atoms with Crippen molar-refractivity contribution >= 4 is 24.7 Å². The summed E-state index contributed by atoms with van der Waals surface area (Å²) < 4.78 is 7.59. The molecule has 0 aromatic heterocycles. The Balaban J connectivity index is 1.79. The Kier molecular flexibility index (Phi) is 31.8. The van der Waals surface area contributed by atoms with Crippen molar-refractivity contribution in [3.63, 3.8) is 0 Å². The molecular weight excluding hydrogens is 787 g/mol. The molecule has 0 heterocycles. The highest BCUT2D eigenvalue weighted by molar-refractivity contribution is 6.99. The quantitative estimate of drug-likeness (QED) is 0.0413. The van der Waals surface area contributed by atoms with E-state index in [1.54, 1.807) is 0 Å². The van der Waals surface area contributed by atoms with Crippen LogP contribution in [0, 0.1) is 11.8 Å². The third kappa shape index (κ3) is 24.4. The molecule has 1 N–H and O–H groups in total. The lowest BCUT2D eigenvalue weighted by molar-refractivity contribution is -0.144. The number of allylic oxidation sites excluding steroid dienone is 5. The van der Waals surface area contributed by atoms with Crippen LogP contribution in [0.5, 0.6) is 0 Å². The smallest absolute Gasteiger partial charge is 0.306 e. The summed E-state index contributed by atoms with van der Waals surface area (Å²) in [7, 11) is 1.53. The van der Waals surface area contributed by atoms with Gasteiger partial charge in [-0.15, -0.1) is 0 Å². The fourth-order valence-electron chi connectivity index (χ4n) is 9.43. The monoisotopic (exact) mass is 884 g/mol. The summed E-state index contributed by atoms with van der Waals surface area (Å²) in [6.45, 7) is 12.5. The molecule has 0 saturated heterocycles. The number of hydrogen-bond donors (Lipinski definition) is 1. The molecule has 2 rings (SSSR count). The number of aliphatic carboxylic acids is 1. The fraction of sp³-hybridized carbons (Fsp3) is 0.672. The average molecular weight is 885 g/mol. The molecule has 0 spiro atoms. The second-order valence-corrected chi connectivity index (χ2v) is 24.2. The predicted molar refractivity (Wildman–Crippen MR) is 279 cm³/mol. The van der Waals surface area contributed by atoms with Crippen molar-refractivity contribution in [2.75, 3.05) is 20.6 Å². The van der Waals surface area contributed by atoms with E-state index in [1.165, 1.54) is 132 Å². The highest BCUT2D eigenvalue weighted by atomic mass is 28.4. The van der Waals surface area contributed by atoms with Crippen molar-refractivity contribution < 1.29 is 14.3 Å². The van der Waals surface area contributed by atoms with Crippen LogP contribution in [0.25, 0.3) is 0 Å². The van der Waals surface area contributed by atoms with Gasteiger partial charge in [-0.1, -0.05) is 228 Å². The van der Waals surface area contributed by atoms with Gasteiger partial charge in [-0.2, -0.15) is 0 Å². The zero-order valence-corrected chi connectivity index (χ0v) is 43.0. The number of nitrogens with zero attached hydrogens (tertiary/aromatic N) is 1. The van der Waals surface area contributed by atoms with Crippen molar-refractivity contribution in [1.29, 1.82) is 0 Å². The molecular formula is C58H97NO3Si. The van der Waals surface area contributed by atoms with Crippen molar-refractivity contribution in [2.24, 2.45) is 11.8 Å². The van der Waals surface area contributed by atoms with Gasteiger partial charge in [0.1, 0.15) is 0 Å².